The Bertz CT molecular complexity index is 475. The van der Waals surface area contributed by atoms with Crippen molar-refractivity contribution < 1.29 is 0 Å². The van der Waals surface area contributed by atoms with Gasteiger partial charge in [0.25, 0.3) is 0 Å². The molecule has 1 unspecified atom stereocenters. The van der Waals surface area contributed by atoms with Crippen LogP contribution in [-0.4, -0.2) is 6.04 Å². The van der Waals surface area contributed by atoms with Crippen LogP contribution in [0.3, 0.4) is 0 Å². The molecule has 5 rings (SSSR count). The summed E-state index contributed by atoms with van der Waals surface area (Å²) in [5.74, 6) is 2.94. The zero-order valence-electron chi connectivity index (χ0n) is 12.0. The fourth-order valence-corrected chi connectivity index (χ4v) is 5.98. The van der Waals surface area contributed by atoms with Gasteiger partial charge in [0.2, 0.25) is 0 Å². The van der Waals surface area contributed by atoms with Crippen LogP contribution in [0.1, 0.15) is 44.1 Å². The Morgan fingerprint density at radius 2 is 1.70 bits per heavy atom. The molecule has 4 fully saturated rings. The monoisotopic (exact) mass is 289 g/mol. The van der Waals surface area contributed by atoms with Crippen molar-refractivity contribution in [2.24, 2.45) is 28.9 Å². The first-order valence-electron chi connectivity index (χ1n) is 8.13. The third-order valence-electron chi connectivity index (χ3n) is 6.22. The standard InChI is InChI=1S/C18H24ClN/c19-16-3-1-2-12(7-16)8-17(20)18-9-13-4-14(10-18)6-15(5-13)11-18/h1-3,7,13-15,17H,4-6,8-11,20H2. The van der Waals surface area contributed by atoms with E-state index in [0.29, 0.717) is 11.5 Å². The molecule has 20 heavy (non-hydrogen) atoms. The quantitative estimate of drug-likeness (QED) is 0.875. The maximum Gasteiger partial charge on any atom is 0.0408 e. The molecule has 0 spiro atoms. The lowest BCUT2D eigenvalue weighted by Crippen LogP contribution is -2.55. The summed E-state index contributed by atoms with van der Waals surface area (Å²) in [4.78, 5) is 0. The molecule has 0 aromatic heterocycles. The highest BCUT2D eigenvalue weighted by atomic mass is 35.5. The minimum Gasteiger partial charge on any atom is -0.327 e. The Labute approximate surface area is 126 Å². The number of halogens is 1. The van der Waals surface area contributed by atoms with E-state index in [4.69, 9.17) is 17.3 Å². The molecule has 0 amide bonds. The molecule has 1 atom stereocenters. The van der Waals surface area contributed by atoms with Crippen molar-refractivity contribution in [2.75, 3.05) is 0 Å². The Morgan fingerprint density at radius 1 is 1.10 bits per heavy atom. The van der Waals surface area contributed by atoms with Gasteiger partial charge in [0.1, 0.15) is 0 Å². The van der Waals surface area contributed by atoms with E-state index >= 15 is 0 Å². The molecule has 4 aliphatic carbocycles. The summed E-state index contributed by atoms with van der Waals surface area (Å²) in [6, 6.07) is 8.56. The van der Waals surface area contributed by atoms with E-state index in [2.05, 4.69) is 12.1 Å². The highest BCUT2D eigenvalue weighted by Crippen LogP contribution is 2.61. The smallest absolute Gasteiger partial charge is 0.0408 e. The van der Waals surface area contributed by atoms with Crippen LogP contribution < -0.4 is 5.73 Å². The predicted octanol–water partition coefficient (Wildman–Crippen LogP) is 4.43. The first-order chi connectivity index (χ1) is 9.63. The SMILES string of the molecule is NC(Cc1cccc(Cl)c1)C12CC3CC(CC(C3)C1)C2. The van der Waals surface area contributed by atoms with E-state index in [-0.39, 0.29) is 0 Å². The van der Waals surface area contributed by atoms with Crippen LogP contribution in [0.4, 0.5) is 0 Å². The van der Waals surface area contributed by atoms with Crippen molar-refractivity contribution in [1.29, 1.82) is 0 Å². The summed E-state index contributed by atoms with van der Waals surface area (Å²) in [5, 5.41) is 0.834. The Kier molecular flexibility index (Phi) is 3.12. The molecule has 2 N–H and O–H groups in total. The zero-order valence-corrected chi connectivity index (χ0v) is 12.8. The van der Waals surface area contributed by atoms with Crippen molar-refractivity contribution >= 4 is 11.6 Å². The average molecular weight is 290 g/mol. The zero-order chi connectivity index (χ0) is 13.7. The van der Waals surface area contributed by atoms with Crippen molar-refractivity contribution in [3.63, 3.8) is 0 Å². The molecule has 2 heteroatoms. The number of hydrogen-bond acceptors (Lipinski definition) is 1. The predicted molar refractivity (Wildman–Crippen MR) is 83.7 cm³/mol. The van der Waals surface area contributed by atoms with E-state index in [1.54, 1.807) is 0 Å². The Morgan fingerprint density at radius 3 is 2.25 bits per heavy atom. The van der Waals surface area contributed by atoms with Gasteiger partial charge in [-0.25, -0.2) is 0 Å². The van der Waals surface area contributed by atoms with Gasteiger partial charge in [0.15, 0.2) is 0 Å². The van der Waals surface area contributed by atoms with E-state index < -0.39 is 0 Å². The van der Waals surface area contributed by atoms with Crippen molar-refractivity contribution in [2.45, 2.75) is 51.0 Å². The maximum absolute atomic E-state index is 6.71. The second-order valence-electron chi connectivity index (χ2n) is 7.72. The highest BCUT2D eigenvalue weighted by molar-refractivity contribution is 6.30. The minimum atomic E-state index is 0.314. The number of hydrogen-bond donors (Lipinski definition) is 1. The molecule has 4 bridgehead atoms. The van der Waals surface area contributed by atoms with E-state index in [0.717, 1.165) is 29.2 Å². The van der Waals surface area contributed by atoms with Crippen molar-refractivity contribution in [3.8, 4) is 0 Å². The molecule has 1 aromatic carbocycles. The molecule has 1 aromatic rings. The summed E-state index contributed by atoms with van der Waals surface area (Å²) < 4.78 is 0. The fraction of sp³-hybridized carbons (Fsp3) is 0.667. The molecule has 108 valence electrons. The lowest BCUT2D eigenvalue weighted by Gasteiger charge is -2.59. The largest absolute Gasteiger partial charge is 0.327 e. The summed E-state index contributed by atoms with van der Waals surface area (Å²) in [6.07, 6.45) is 9.63. The van der Waals surface area contributed by atoms with Crippen LogP contribution in [0.5, 0.6) is 0 Å². The molecule has 0 heterocycles. The molecular weight excluding hydrogens is 266 g/mol. The minimum absolute atomic E-state index is 0.314. The summed E-state index contributed by atoms with van der Waals surface area (Å²) in [7, 11) is 0. The molecular formula is C18H24ClN. The fourth-order valence-electron chi connectivity index (χ4n) is 5.77. The van der Waals surface area contributed by atoms with Crippen molar-refractivity contribution in [1.82, 2.24) is 0 Å². The first kappa shape index (κ1) is 13.2. The van der Waals surface area contributed by atoms with Crippen LogP contribution in [-0.2, 0) is 6.42 Å². The average Bonchev–Trinajstić information content (AvgIpc) is 2.37. The van der Waals surface area contributed by atoms with E-state index in [1.807, 2.05) is 12.1 Å². The van der Waals surface area contributed by atoms with Crippen LogP contribution >= 0.6 is 11.6 Å². The molecule has 1 nitrogen and oxygen atoms in total. The lowest BCUT2D eigenvalue weighted by molar-refractivity contribution is -0.0667. The third-order valence-corrected chi connectivity index (χ3v) is 6.45. The van der Waals surface area contributed by atoms with Gasteiger partial charge in [-0.2, -0.15) is 0 Å². The molecule has 4 aliphatic rings. The van der Waals surface area contributed by atoms with Gasteiger partial charge in [-0.3, -0.25) is 0 Å². The molecule has 0 aliphatic heterocycles. The normalized spacial score (nSPS) is 40.0. The number of nitrogens with two attached hydrogens (primary N) is 1. The van der Waals surface area contributed by atoms with E-state index in [9.17, 15) is 0 Å². The molecule has 4 saturated carbocycles. The maximum atomic E-state index is 6.71. The topological polar surface area (TPSA) is 26.0 Å². The van der Waals surface area contributed by atoms with Gasteiger partial charge in [0, 0.05) is 11.1 Å². The number of rotatable bonds is 3. The summed E-state index contributed by atoms with van der Waals surface area (Å²) in [6.45, 7) is 0. The summed E-state index contributed by atoms with van der Waals surface area (Å²) in [5.41, 5.74) is 8.46. The first-order valence-corrected chi connectivity index (χ1v) is 8.51. The van der Waals surface area contributed by atoms with Gasteiger partial charge < -0.3 is 5.73 Å². The van der Waals surface area contributed by atoms with Gasteiger partial charge in [-0.15, -0.1) is 0 Å². The van der Waals surface area contributed by atoms with Crippen LogP contribution in [0, 0.1) is 23.2 Å². The van der Waals surface area contributed by atoms with Gasteiger partial charge in [-0.1, -0.05) is 23.7 Å². The van der Waals surface area contributed by atoms with Crippen molar-refractivity contribution in [3.05, 3.63) is 34.9 Å². The van der Waals surface area contributed by atoms with Gasteiger partial charge >= 0.3 is 0 Å². The van der Waals surface area contributed by atoms with Crippen LogP contribution in [0.25, 0.3) is 0 Å². The Balaban J connectivity index is 1.54. The van der Waals surface area contributed by atoms with Gasteiger partial charge in [0.05, 0.1) is 0 Å². The second-order valence-corrected chi connectivity index (χ2v) is 8.16. The van der Waals surface area contributed by atoms with Crippen LogP contribution in [0.15, 0.2) is 24.3 Å². The van der Waals surface area contributed by atoms with E-state index in [1.165, 1.54) is 44.1 Å². The number of benzene rings is 1. The highest BCUT2D eigenvalue weighted by Gasteiger charge is 2.53. The van der Waals surface area contributed by atoms with Gasteiger partial charge in [-0.05, 0) is 85.8 Å². The second kappa shape index (κ2) is 4.74. The third kappa shape index (κ3) is 2.19. The molecule has 0 radical (unpaired) electrons. The lowest BCUT2D eigenvalue weighted by atomic mass is 9.47. The summed E-state index contributed by atoms with van der Waals surface area (Å²) >= 11 is 6.11. The Hall–Kier alpha value is -0.530. The van der Waals surface area contributed by atoms with Crippen LogP contribution in [0.2, 0.25) is 5.02 Å². The molecule has 0 saturated heterocycles.